The molecule has 0 spiro atoms. The van der Waals surface area contributed by atoms with Crippen molar-refractivity contribution >= 4 is 23.4 Å². The maximum atomic E-state index is 12.3. The van der Waals surface area contributed by atoms with Crippen molar-refractivity contribution in [1.82, 2.24) is 4.90 Å². The van der Waals surface area contributed by atoms with Gasteiger partial charge in [-0.25, -0.2) is 0 Å². The second-order valence-corrected chi connectivity index (χ2v) is 6.50. The number of benzene rings is 1. The second-order valence-electron chi connectivity index (χ2n) is 5.48. The molecule has 0 saturated carbocycles. The van der Waals surface area contributed by atoms with Crippen LogP contribution in [0.15, 0.2) is 23.1 Å². The van der Waals surface area contributed by atoms with Crippen LogP contribution in [0.25, 0.3) is 0 Å². The zero-order chi connectivity index (χ0) is 14.4. The summed E-state index contributed by atoms with van der Waals surface area (Å²) >= 11 is 1.55. The summed E-state index contributed by atoms with van der Waals surface area (Å²) in [5.41, 5.74) is 7.91. The van der Waals surface area contributed by atoms with Crippen molar-refractivity contribution in [2.45, 2.75) is 43.9 Å². The molecule has 0 atom stereocenters. The van der Waals surface area contributed by atoms with Crippen molar-refractivity contribution in [2.24, 2.45) is 0 Å². The monoisotopic (exact) mass is 292 g/mol. The van der Waals surface area contributed by atoms with Gasteiger partial charge in [0, 0.05) is 23.7 Å². The van der Waals surface area contributed by atoms with Gasteiger partial charge in [-0.15, -0.1) is 11.8 Å². The molecule has 0 aliphatic carbocycles. The van der Waals surface area contributed by atoms with Crippen LogP contribution in [0.3, 0.4) is 0 Å². The SMILES string of the molecule is Cc1ccc(SCC(=O)N2CCCCCCC2)c(N)c1. The zero-order valence-corrected chi connectivity index (χ0v) is 13.0. The fraction of sp³-hybridized carbons (Fsp3) is 0.562. The molecule has 0 aromatic heterocycles. The normalized spacial score (nSPS) is 16.6. The molecule has 20 heavy (non-hydrogen) atoms. The lowest BCUT2D eigenvalue weighted by Gasteiger charge is -2.24. The Morgan fingerprint density at radius 2 is 1.85 bits per heavy atom. The Balaban J connectivity index is 1.87. The highest BCUT2D eigenvalue weighted by Gasteiger charge is 2.15. The number of carbonyl (C=O) groups is 1. The van der Waals surface area contributed by atoms with E-state index in [-0.39, 0.29) is 5.91 Å². The van der Waals surface area contributed by atoms with Crippen molar-refractivity contribution in [3.63, 3.8) is 0 Å². The number of likely N-dealkylation sites (tertiary alicyclic amines) is 1. The van der Waals surface area contributed by atoms with Crippen molar-refractivity contribution in [3.05, 3.63) is 23.8 Å². The van der Waals surface area contributed by atoms with Crippen LogP contribution in [0, 0.1) is 6.92 Å². The van der Waals surface area contributed by atoms with Gasteiger partial charge in [-0.05, 0) is 37.5 Å². The molecule has 110 valence electrons. The third-order valence-electron chi connectivity index (χ3n) is 3.73. The summed E-state index contributed by atoms with van der Waals surface area (Å²) in [4.78, 5) is 15.3. The van der Waals surface area contributed by atoms with E-state index < -0.39 is 0 Å². The number of hydrogen-bond acceptors (Lipinski definition) is 3. The van der Waals surface area contributed by atoms with Crippen LogP contribution in [0.4, 0.5) is 5.69 Å². The first kappa shape index (κ1) is 15.2. The van der Waals surface area contributed by atoms with Gasteiger partial charge in [-0.3, -0.25) is 4.79 Å². The molecular formula is C16H24N2OS. The number of carbonyl (C=O) groups excluding carboxylic acids is 1. The van der Waals surface area contributed by atoms with Crippen LogP contribution in [-0.2, 0) is 4.79 Å². The molecule has 2 N–H and O–H groups in total. The Bertz CT molecular complexity index is 454. The maximum absolute atomic E-state index is 12.3. The van der Waals surface area contributed by atoms with Crippen LogP contribution in [-0.4, -0.2) is 29.6 Å². The average molecular weight is 292 g/mol. The number of nitrogens with two attached hydrogens (primary N) is 1. The summed E-state index contributed by atoms with van der Waals surface area (Å²) in [7, 11) is 0. The van der Waals surface area contributed by atoms with Gasteiger partial charge < -0.3 is 10.6 Å². The number of hydrogen-bond donors (Lipinski definition) is 1. The van der Waals surface area contributed by atoms with E-state index in [1.165, 1.54) is 19.3 Å². The predicted octanol–water partition coefficient (Wildman–Crippen LogP) is 3.46. The van der Waals surface area contributed by atoms with Crippen molar-refractivity contribution in [3.8, 4) is 0 Å². The van der Waals surface area contributed by atoms with Crippen molar-refractivity contribution < 1.29 is 4.79 Å². The summed E-state index contributed by atoms with van der Waals surface area (Å²) < 4.78 is 0. The van der Waals surface area contributed by atoms with E-state index >= 15 is 0 Å². The zero-order valence-electron chi connectivity index (χ0n) is 12.2. The van der Waals surface area contributed by atoms with Crippen molar-refractivity contribution in [2.75, 3.05) is 24.6 Å². The largest absolute Gasteiger partial charge is 0.398 e. The first-order valence-electron chi connectivity index (χ1n) is 7.43. The summed E-state index contributed by atoms with van der Waals surface area (Å²) in [6, 6.07) is 6.01. The van der Waals surface area contributed by atoms with Crippen molar-refractivity contribution in [1.29, 1.82) is 0 Å². The minimum Gasteiger partial charge on any atom is -0.398 e. The van der Waals surface area contributed by atoms with Crippen LogP contribution < -0.4 is 5.73 Å². The van der Waals surface area contributed by atoms with E-state index in [1.807, 2.05) is 30.0 Å². The smallest absolute Gasteiger partial charge is 0.232 e. The van der Waals surface area contributed by atoms with E-state index in [0.29, 0.717) is 5.75 Å². The lowest BCUT2D eigenvalue weighted by Crippen LogP contribution is -2.35. The fourth-order valence-corrected chi connectivity index (χ4v) is 3.38. The molecule has 1 amide bonds. The molecule has 1 heterocycles. The predicted molar refractivity (Wildman–Crippen MR) is 86.0 cm³/mol. The minimum atomic E-state index is 0.247. The molecule has 1 aliphatic rings. The van der Waals surface area contributed by atoms with E-state index in [9.17, 15) is 4.79 Å². The Morgan fingerprint density at radius 1 is 1.20 bits per heavy atom. The Kier molecular flexibility index (Phi) is 5.77. The molecule has 1 aliphatic heterocycles. The van der Waals surface area contributed by atoms with Gasteiger partial charge in [-0.1, -0.05) is 25.3 Å². The number of amides is 1. The number of rotatable bonds is 3. The Labute approximate surface area is 125 Å². The summed E-state index contributed by atoms with van der Waals surface area (Å²) in [5, 5.41) is 0. The quantitative estimate of drug-likeness (QED) is 0.685. The van der Waals surface area contributed by atoms with Crippen LogP contribution in [0.5, 0.6) is 0 Å². The Hall–Kier alpha value is -1.16. The third kappa shape index (κ3) is 4.44. The van der Waals surface area contributed by atoms with Crippen LogP contribution in [0.1, 0.15) is 37.7 Å². The third-order valence-corrected chi connectivity index (χ3v) is 4.80. The van der Waals surface area contributed by atoms with Gasteiger partial charge in [0.25, 0.3) is 0 Å². The number of thioether (sulfide) groups is 1. The number of nitrogens with zero attached hydrogens (tertiary/aromatic N) is 1. The number of nitrogen functional groups attached to an aromatic ring is 1. The highest BCUT2D eigenvalue weighted by atomic mass is 32.2. The number of aryl methyl sites for hydroxylation is 1. The molecule has 1 fully saturated rings. The Morgan fingerprint density at radius 3 is 2.50 bits per heavy atom. The molecule has 0 radical (unpaired) electrons. The fourth-order valence-electron chi connectivity index (χ4n) is 2.53. The van der Waals surface area contributed by atoms with E-state index in [2.05, 4.69) is 0 Å². The summed E-state index contributed by atoms with van der Waals surface area (Å²) in [6.45, 7) is 3.86. The highest BCUT2D eigenvalue weighted by molar-refractivity contribution is 8.00. The van der Waals surface area contributed by atoms with Crippen LogP contribution in [0.2, 0.25) is 0 Å². The van der Waals surface area contributed by atoms with Gasteiger partial charge in [-0.2, -0.15) is 0 Å². The number of anilines is 1. The molecule has 0 bridgehead atoms. The average Bonchev–Trinajstić information content (AvgIpc) is 2.37. The van der Waals surface area contributed by atoms with E-state index in [0.717, 1.165) is 42.1 Å². The molecule has 0 unspecified atom stereocenters. The summed E-state index contributed by atoms with van der Waals surface area (Å²) in [6.07, 6.45) is 6.10. The topological polar surface area (TPSA) is 46.3 Å². The van der Waals surface area contributed by atoms with Gasteiger partial charge in [0.05, 0.1) is 5.75 Å². The first-order chi connectivity index (χ1) is 9.66. The van der Waals surface area contributed by atoms with E-state index in [1.54, 1.807) is 11.8 Å². The van der Waals surface area contributed by atoms with E-state index in [4.69, 9.17) is 5.73 Å². The van der Waals surface area contributed by atoms with Crippen LogP contribution >= 0.6 is 11.8 Å². The molecule has 1 aromatic rings. The molecule has 1 aromatic carbocycles. The minimum absolute atomic E-state index is 0.247. The van der Waals surface area contributed by atoms with Gasteiger partial charge in [0.15, 0.2) is 0 Å². The first-order valence-corrected chi connectivity index (χ1v) is 8.42. The lowest BCUT2D eigenvalue weighted by atomic mass is 10.1. The summed E-state index contributed by atoms with van der Waals surface area (Å²) in [5.74, 6) is 0.740. The molecule has 2 rings (SSSR count). The molecule has 3 nitrogen and oxygen atoms in total. The highest BCUT2D eigenvalue weighted by Crippen LogP contribution is 2.26. The van der Waals surface area contributed by atoms with Gasteiger partial charge in [0.1, 0.15) is 0 Å². The standard InChI is InChI=1S/C16H24N2OS/c1-13-7-8-15(14(17)11-13)20-12-16(19)18-9-5-3-2-4-6-10-18/h7-8,11H,2-6,9-10,12,17H2,1H3. The van der Waals surface area contributed by atoms with Gasteiger partial charge in [0.2, 0.25) is 5.91 Å². The maximum Gasteiger partial charge on any atom is 0.232 e. The second kappa shape index (κ2) is 7.58. The van der Waals surface area contributed by atoms with Gasteiger partial charge >= 0.3 is 0 Å². The molecule has 4 heteroatoms. The molecular weight excluding hydrogens is 268 g/mol. The lowest BCUT2D eigenvalue weighted by molar-refractivity contribution is -0.128. The molecule has 1 saturated heterocycles.